The summed E-state index contributed by atoms with van der Waals surface area (Å²) < 4.78 is 5.07. The van der Waals surface area contributed by atoms with E-state index in [-0.39, 0.29) is 18.1 Å². The zero-order valence-electron chi connectivity index (χ0n) is 13.7. The molecule has 0 amide bonds. The molecular weight excluding hydrogens is 292 g/mol. The highest BCUT2D eigenvalue weighted by Crippen LogP contribution is 2.30. The van der Waals surface area contributed by atoms with Crippen molar-refractivity contribution >= 4 is 5.78 Å². The summed E-state index contributed by atoms with van der Waals surface area (Å²) >= 11 is 0. The highest BCUT2D eigenvalue weighted by Gasteiger charge is 2.22. The van der Waals surface area contributed by atoms with E-state index in [4.69, 9.17) is 4.74 Å². The van der Waals surface area contributed by atoms with Crippen molar-refractivity contribution in [2.45, 2.75) is 38.5 Å². The number of aromatic hydroxyl groups is 1. The molecule has 1 aromatic carbocycles. The number of aryl methyl sites for hydroxylation is 1. The van der Waals surface area contributed by atoms with Crippen molar-refractivity contribution in [3.8, 4) is 11.5 Å². The maximum Gasteiger partial charge on any atom is 0.160 e. The fraction of sp³-hybridized carbons (Fsp3) is 0.526. The number of aliphatic hydroxyl groups is 1. The van der Waals surface area contributed by atoms with Gasteiger partial charge in [0.05, 0.1) is 7.11 Å². The smallest absolute Gasteiger partial charge is 0.160 e. The number of allylic oxidation sites excluding steroid dienone is 2. The van der Waals surface area contributed by atoms with Gasteiger partial charge in [-0.05, 0) is 54.9 Å². The van der Waals surface area contributed by atoms with E-state index in [9.17, 15) is 15.0 Å². The van der Waals surface area contributed by atoms with Gasteiger partial charge < -0.3 is 14.9 Å². The summed E-state index contributed by atoms with van der Waals surface area (Å²) in [5.74, 6) is 1.26. The third-order valence-corrected chi connectivity index (χ3v) is 4.64. The third kappa shape index (κ3) is 5.10. The van der Waals surface area contributed by atoms with Gasteiger partial charge in [-0.1, -0.05) is 25.0 Å². The summed E-state index contributed by atoms with van der Waals surface area (Å²) in [5.41, 5.74) is 0.965. The van der Waals surface area contributed by atoms with Crippen LogP contribution in [-0.4, -0.2) is 29.7 Å². The Balaban J connectivity index is 1.86. The van der Waals surface area contributed by atoms with Crippen LogP contribution in [0.4, 0.5) is 0 Å². The molecule has 1 aliphatic rings. The van der Waals surface area contributed by atoms with Crippen LogP contribution in [0.5, 0.6) is 11.5 Å². The molecule has 0 aliphatic heterocycles. The summed E-state index contributed by atoms with van der Waals surface area (Å²) in [6, 6.07) is 5.15. The van der Waals surface area contributed by atoms with Crippen LogP contribution in [0.25, 0.3) is 0 Å². The number of rotatable bonds is 7. The molecule has 1 aliphatic carbocycles. The Labute approximate surface area is 137 Å². The van der Waals surface area contributed by atoms with Crippen LogP contribution >= 0.6 is 0 Å². The largest absolute Gasteiger partial charge is 0.504 e. The maximum absolute atomic E-state index is 12.0. The van der Waals surface area contributed by atoms with Crippen LogP contribution in [0.15, 0.2) is 30.4 Å². The van der Waals surface area contributed by atoms with Gasteiger partial charge in [0.15, 0.2) is 17.3 Å². The molecule has 2 N–H and O–H groups in total. The van der Waals surface area contributed by atoms with Crippen molar-refractivity contribution in [2.75, 3.05) is 13.7 Å². The number of hydrogen-bond donors (Lipinski definition) is 2. The Kier molecular flexibility index (Phi) is 6.66. The summed E-state index contributed by atoms with van der Waals surface area (Å²) in [4.78, 5) is 12.0. The Morgan fingerprint density at radius 3 is 2.87 bits per heavy atom. The maximum atomic E-state index is 12.0. The lowest BCUT2D eigenvalue weighted by molar-refractivity contribution is -0.114. The zero-order chi connectivity index (χ0) is 16.7. The summed E-state index contributed by atoms with van der Waals surface area (Å²) in [7, 11) is 1.51. The Bertz CT molecular complexity index is 550. The van der Waals surface area contributed by atoms with Crippen molar-refractivity contribution in [3.05, 3.63) is 35.9 Å². The first-order valence-corrected chi connectivity index (χ1v) is 8.31. The molecule has 1 aromatic rings. The average molecular weight is 318 g/mol. The quantitative estimate of drug-likeness (QED) is 0.757. The second kappa shape index (κ2) is 8.73. The molecule has 2 rings (SSSR count). The van der Waals surface area contributed by atoms with Crippen molar-refractivity contribution < 1.29 is 19.7 Å². The molecule has 0 bridgehead atoms. The average Bonchev–Trinajstić information content (AvgIpc) is 2.59. The normalized spacial score (nSPS) is 21.5. The molecule has 23 heavy (non-hydrogen) atoms. The molecule has 0 heterocycles. The van der Waals surface area contributed by atoms with Crippen LogP contribution in [0.3, 0.4) is 0 Å². The lowest BCUT2D eigenvalue weighted by atomic mass is 9.79. The van der Waals surface area contributed by atoms with Gasteiger partial charge in [-0.3, -0.25) is 4.79 Å². The SMILES string of the molecule is COc1cc(CCC(=O)/C=C/C2CCCCC2CO)ccc1O. The number of carbonyl (C=O) groups excluding carboxylic acids is 1. The van der Waals surface area contributed by atoms with Gasteiger partial charge in [0.1, 0.15) is 0 Å². The van der Waals surface area contributed by atoms with Gasteiger partial charge in [0.2, 0.25) is 0 Å². The molecule has 4 nitrogen and oxygen atoms in total. The summed E-state index contributed by atoms with van der Waals surface area (Å²) in [6.45, 7) is 0.205. The first-order chi connectivity index (χ1) is 11.1. The third-order valence-electron chi connectivity index (χ3n) is 4.64. The van der Waals surface area contributed by atoms with Crippen LogP contribution in [0.2, 0.25) is 0 Å². The summed E-state index contributed by atoms with van der Waals surface area (Å²) in [5, 5.41) is 19.0. The van der Waals surface area contributed by atoms with E-state index >= 15 is 0 Å². The van der Waals surface area contributed by atoms with E-state index in [1.54, 1.807) is 24.3 Å². The molecule has 0 saturated heterocycles. The number of aliphatic hydroxyl groups excluding tert-OH is 1. The van der Waals surface area contributed by atoms with Gasteiger partial charge in [0, 0.05) is 13.0 Å². The molecule has 1 fully saturated rings. The van der Waals surface area contributed by atoms with E-state index in [0.717, 1.165) is 18.4 Å². The molecule has 1 saturated carbocycles. The standard InChI is InChI=1S/C19H26O4/c1-23-19-12-14(7-11-18(19)22)6-9-17(21)10-8-15-4-2-3-5-16(15)13-20/h7-8,10-12,15-16,20,22H,2-6,9,13H2,1H3/b10-8+. The fourth-order valence-electron chi connectivity index (χ4n) is 3.18. The van der Waals surface area contributed by atoms with E-state index in [1.165, 1.54) is 20.0 Å². The number of ketones is 1. The van der Waals surface area contributed by atoms with E-state index < -0.39 is 0 Å². The first-order valence-electron chi connectivity index (χ1n) is 8.31. The minimum Gasteiger partial charge on any atom is -0.504 e. The first kappa shape index (κ1) is 17.5. The molecule has 0 radical (unpaired) electrons. The van der Waals surface area contributed by atoms with Gasteiger partial charge in [-0.15, -0.1) is 0 Å². The number of ether oxygens (including phenoxy) is 1. The molecule has 2 atom stereocenters. The number of carbonyl (C=O) groups is 1. The minimum atomic E-state index is 0.0966. The summed E-state index contributed by atoms with van der Waals surface area (Å²) in [6.07, 6.45) is 9.17. The number of phenols is 1. The van der Waals surface area contributed by atoms with E-state index in [2.05, 4.69) is 0 Å². The highest BCUT2D eigenvalue weighted by molar-refractivity contribution is 5.89. The Hall–Kier alpha value is -1.81. The van der Waals surface area contributed by atoms with Crippen molar-refractivity contribution in [1.29, 1.82) is 0 Å². The van der Waals surface area contributed by atoms with Gasteiger partial charge in [-0.25, -0.2) is 0 Å². The predicted octanol–water partition coefficient (Wildman–Crippen LogP) is 3.26. The molecule has 4 heteroatoms. The Morgan fingerprint density at radius 1 is 1.35 bits per heavy atom. The minimum absolute atomic E-state index is 0.0966. The van der Waals surface area contributed by atoms with E-state index in [0.29, 0.717) is 30.4 Å². The van der Waals surface area contributed by atoms with Crippen molar-refractivity contribution in [2.24, 2.45) is 11.8 Å². The number of hydrogen-bond acceptors (Lipinski definition) is 4. The monoisotopic (exact) mass is 318 g/mol. The van der Waals surface area contributed by atoms with Crippen molar-refractivity contribution in [3.63, 3.8) is 0 Å². The second-order valence-electron chi connectivity index (χ2n) is 6.22. The van der Waals surface area contributed by atoms with Crippen LogP contribution in [-0.2, 0) is 11.2 Å². The lowest BCUT2D eigenvalue weighted by Crippen LogP contribution is -2.21. The highest BCUT2D eigenvalue weighted by atomic mass is 16.5. The second-order valence-corrected chi connectivity index (χ2v) is 6.22. The fourth-order valence-corrected chi connectivity index (χ4v) is 3.18. The number of phenolic OH excluding ortho intramolecular Hbond substituents is 1. The van der Waals surface area contributed by atoms with Gasteiger partial charge in [0.25, 0.3) is 0 Å². The predicted molar refractivity (Wildman–Crippen MR) is 89.7 cm³/mol. The van der Waals surface area contributed by atoms with Crippen molar-refractivity contribution in [1.82, 2.24) is 0 Å². The van der Waals surface area contributed by atoms with Gasteiger partial charge >= 0.3 is 0 Å². The topological polar surface area (TPSA) is 66.8 Å². The van der Waals surface area contributed by atoms with Crippen LogP contribution in [0.1, 0.15) is 37.7 Å². The molecule has 0 spiro atoms. The lowest BCUT2D eigenvalue weighted by Gasteiger charge is -2.27. The molecule has 0 aromatic heterocycles. The molecule has 126 valence electrons. The molecular formula is C19H26O4. The van der Waals surface area contributed by atoms with Crippen LogP contribution < -0.4 is 4.74 Å². The van der Waals surface area contributed by atoms with Gasteiger partial charge in [-0.2, -0.15) is 0 Å². The number of methoxy groups -OCH3 is 1. The zero-order valence-corrected chi connectivity index (χ0v) is 13.7. The van der Waals surface area contributed by atoms with Crippen LogP contribution in [0, 0.1) is 11.8 Å². The number of benzene rings is 1. The molecule has 2 unspecified atom stereocenters. The Morgan fingerprint density at radius 2 is 2.13 bits per heavy atom. The van der Waals surface area contributed by atoms with E-state index in [1.807, 2.05) is 6.08 Å².